The van der Waals surface area contributed by atoms with Gasteiger partial charge in [-0.05, 0) is 50.7 Å². The molecule has 3 N–H and O–H groups in total. The molecule has 0 bridgehead atoms. The molecular weight excluding hydrogens is 310 g/mol. The van der Waals surface area contributed by atoms with E-state index < -0.39 is 6.10 Å². The van der Waals surface area contributed by atoms with Crippen LogP contribution in [0.3, 0.4) is 0 Å². The van der Waals surface area contributed by atoms with Crippen molar-refractivity contribution in [2.75, 3.05) is 32.1 Å². The number of ether oxygens (including phenoxy) is 1. The lowest BCUT2D eigenvalue weighted by Gasteiger charge is -2.18. The zero-order valence-corrected chi connectivity index (χ0v) is 15.4. The maximum atomic E-state index is 9.98. The van der Waals surface area contributed by atoms with Crippen molar-refractivity contribution in [1.29, 1.82) is 0 Å². The van der Waals surface area contributed by atoms with Crippen molar-refractivity contribution in [2.24, 2.45) is 10.9 Å². The van der Waals surface area contributed by atoms with Gasteiger partial charge in [-0.3, -0.25) is 4.99 Å². The predicted octanol–water partition coefficient (Wildman–Crippen LogP) is 2.00. The van der Waals surface area contributed by atoms with Crippen LogP contribution in [-0.2, 0) is 4.74 Å². The number of rotatable bonds is 10. The number of aliphatic hydroxyl groups excluding tert-OH is 1. The van der Waals surface area contributed by atoms with Crippen LogP contribution in [0.4, 0.5) is 0 Å². The first-order valence-corrected chi connectivity index (χ1v) is 10.2. The van der Waals surface area contributed by atoms with E-state index in [1.807, 2.05) is 0 Å². The first kappa shape index (κ1) is 18.9. The molecule has 3 unspecified atom stereocenters. The van der Waals surface area contributed by atoms with Crippen LogP contribution >= 0.6 is 11.8 Å². The fourth-order valence-corrected chi connectivity index (χ4v) is 4.02. The summed E-state index contributed by atoms with van der Waals surface area (Å²) in [4.78, 5) is 4.52. The van der Waals surface area contributed by atoms with E-state index in [0.717, 1.165) is 30.3 Å². The van der Waals surface area contributed by atoms with Gasteiger partial charge in [0.2, 0.25) is 0 Å². The quantitative estimate of drug-likeness (QED) is 0.418. The largest absolute Gasteiger partial charge is 0.389 e. The Morgan fingerprint density at radius 3 is 2.83 bits per heavy atom. The fourth-order valence-electron chi connectivity index (χ4n) is 2.88. The summed E-state index contributed by atoms with van der Waals surface area (Å²) in [5.74, 6) is 2.75. The molecule has 5 nitrogen and oxygen atoms in total. The van der Waals surface area contributed by atoms with E-state index in [-0.39, 0.29) is 0 Å². The Balaban J connectivity index is 1.68. The number of hydrogen-bond donors (Lipinski definition) is 3. The van der Waals surface area contributed by atoms with E-state index in [1.54, 1.807) is 0 Å². The van der Waals surface area contributed by atoms with Gasteiger partial charge in [-0.2, -0.15) is 11.8 Å². The van der Waals surface area contributed by atoms with Crippen LogP contribution in [0.1, 0.15) is 46.0 Å². The van der Waals surface area contributed by atoms with Gasteiger partial charge in [0.05, 0.1) is 19.3 Å². The smallest absolute Gasteiger partial charge is 0.191 e. The number of nitrogens with zero attached hydrogens (tertiary/aromatic N) is 1. The third-order valence-corrected chi connectivity index (χ3v) is 5.53. The summed E-state index contributed by atoms with van der Waals surface area (Å²) in [6.07, 6.45) is 5.73. The Bertz CT molecular complexity index is 364. The molecule has 2 rings (SSSR count). The van der Waals surface area contributed by atoms with Crippen LogP contribution in [0.15, 0.2) is 4.99 Å². The molecule has 3 atom stereocenters. The summed E-state index contributed by atoms with van der Waals surface area (Å²) in [5.41, 5.74) is 0. The van der Waals surface area contributed by atoms with E-state index in [9.17, 15) is 5.11 Å². The van der Waals surface area contributed by atoms with Crippen LogP contribution in [0.2, 0.25) is 0 Å². The lowest BCUT2D eigenvalue weighted by Crippen LogP contribution is -2.43. The minimum atomic E-state index is -0.517. The number of aliphatic imine (C=N–C) groups is 1. The van der Waals surface area contributed by atoms with Gasteiger partial charge >= 0.3 is 0 Å². The summed E-state index contributed by atoms with van der Waals surface area (Å²) in [6, 6.07) is 0.500. The topological polar surface area (TPSA) is 65.9 Å². The first-order chi connectivity index (χ1) is 11.2. The van der Waals surface area contributed by atoms with Gasteiger partial charge < -0.3 is 20.5 Å². The highest BCUT2D eigenvalue weighted by molar-refractivity contribution is 7.99. The number of guanidine groups is 1. The summed E-state index contributed by atoms with van der Waals surface area (Å²) in [5, 5.41) is 17.6. The van der Waals surface area contributed by atoms with E-state index in [4.69, 9.17) is 4.74 Å². The second-order valence-corrected chi connectivity index (χ2v) is 8.16. The van der Waals surface area contributed by atoms with Crippen molar-refractivity contribution in [3.8, 4) is 0 Å². The Labute approximate surface area is 145 Å². The third-order valence-electron chi connectivity index (χ3n) is 4.29. The van der Waals surface area contributed by atoms with Gasteiger partial charge in [0, 0.05) is 24.4 Å². The lowest BCUT2D eigenvalue weighted by atomic mass is 10.2. The molecule has 2 saturated carbocycles. The van der Waals surface area contributed by atoms with Crippen molar-refractivity contribution in [1.82, 2.24) is 10.6 Å². The third kappa shape index (κ3) is 7.77. The monoisotopic (exact) mass is 343 g/mol. The highest BCUT2D eigenvalue weighted by atomic mass is 32.2. The molecule has 2 aliphatic carbocycles. The second-order valence-electron chi connectivity index (χ2n) is 6.59. The second kappa shape index (κ2) is 10.4. The average Bonchev–Trinajstić information content (AvgIpc) is 3.25. The Kier molecular flexibility index (Phi) is 8.55. The van der Waals surface area contributed by atoms with Gasteiger partial charge in [-0.1, -0.05) is 6.92 Å². The molecule has 2 aliphatic rings. The molecule has 0 radical (unpaired) electrons. The maximum absolute atomic E-state index is 9.98. The van der Waals surface area contributed by atoms with Gasteiger partial charge in [0.15, 0.2) is 5.96 Å². The van der Waals surface area contributed by atoms with Gasteiger partial charge in [0.25, 0.3) is 0 Å². The van der Waals surface area contributed by atoms with Crippen molar-refractivity contribution in [2.45, 2.75) is 63.3 Å². The van der Waals surface area contributed by atoms with Gasteiger partial charge in [-0.25, -0.2) is 0 Å². The molecule has 0 aromatic heterocycles. The van der Waals surface area contributed by atoms with E-state index in [0.29, 0.717) is 19.2 Å². The molecular formula is C17H33N3O2S. The molecule has 0 aromatic rings. The SMILES string of the molecule is CCNC(=NCC(O)COCC1CC1)NC1CCC(SCC)C1. The highest BCUT2D eigenvalue weighted by Gasteiger charge is 2.25. The van der Waals surface area contributed by atoms with Crippen LogP contribution in [0, 0.1) is 5.92 Å². The summed E-state index contributed by atoms with van der Waals surface area (Å²) >= 11 is 2.06. The molecule has 0 aliphatic heterocycles. The predicted molar refractivity (Wildman–Crippen MR) is 98.2 cm³/mol. The number of hydrogen-bond acceptors (Lipinski definition) is 4. The maximum Gasteiger partial charge on any atom is 0.191 e. The molecule has 0 amide bonds. The van der Waals surface area contributed by atoms with Crippen LogP contribution in [0.25, 0.3) is 0 Å². The molecule has 6 heteroatoms. The van der Waals surface area contributed by atoms with Gasteiger partial charge in [-0.15, -0.1) is 0 Å². The summed E-state index contributed by atoms with van der Waals surface area (Å²) in [7, 11) is 0. The lowest BCUT2D eigenvalue weighted by molar-refractivity contribution is 0.0368. The van der Waals surface area contributed by atoms with Crippen molar-refractivity contribution < 1.29 is 9.84 Å². The Morgan fingerprint density at radius 2 is 2.13 bits per heavy atom. The minimum absolute atomic E-state index is 0.387. The van der Waals surface area contributed by atoms with Crippen molar-refractivity contribution in [3.05, 3.63) is 0 Å². The number of aliphatic hydroxyl groups is 1. The summed E-state index contributed by atoms with van der Waals surface area (Å²) in [6.45, 7) is 6.69. The van der Waals surface area contributed by atoms with E-state index in [2.05, 4.69) is 41.2 Å². The van der Waals surface area contributed by atoms with E-state index in [1.165, 1.54) is 37.9 Å². The molecule has 134 valence electrons. The summed E-state index contributed by atoms with van der Waals surface area (Å²) < 4.78 is 5.52. The molecule has 0 heterocycles. The van der Waals surface area contributed by atoms with Gasteiger partial charge in [0.1, 0.15) is 0 Å². The first-order valence-electron chi connectivity index (χ1n) is 9.13. The fraction of sp³-hybridized carbons (Fsp3) is 0.941. The van der Waals surface area contributed by atoms with Crippen LogP contribution in [0.5, 0.6) is 0 Å². The molecule has 0 aromatic carbocycles. The van der Waals surface area contributed by atoms with Crippen molar-refractivity contribution in [3.63, 3.8) is 0 Å². The Hall–Kier alpha value is -0.460. The van der Waals surface area contributed by atoms with Crippen LogP contribution in [-0.4, -0.2) is 60.5 Å². The normalized spacial score (nSPS) is 26.3. The van der Waals surface area contributed by atoms with Crippen LogP contribution < -0.4 is 10.6 Å². The van der Waals surface area contributed by atoms with Crippen molar-refractivity contribution >= 4 is 17.7 Å². The minimum Gasteiger partial charge on any atom is -0.389 e. The highest BCUT2D eigenvalue weighted by Crippen LogP contribution is 2.29. The Morgan fingerprint density at radius 1 is 1.30 bits per heavy atom. The molecule has 0 saturated heterocycles. The molecule has 23 heavy (non-hydrogen) atoms. The van der Waals surface area contributed by atoms with E-state index >= 15 is 0 Å². The zero-order valence-electron chi connectivity index (χ0n) is 14.6. The average molecular weight is 344 g/mol. The standard InChI is InChI=1S/C17H33N3O2S/c1-3-18-17(20-14-7-8-16(9-14)23-4-2)19-10-15(21)12-22-11-13-5-6-13/h13-16,21H,3-12H2,1-2H3,(H2,18,19,20). The number of nitrogens with one attached hydrogen (secondary N) is 2. The molecule has 2 fully saturated rings. The number of thioether (sulfide) groups is 1. The zero-order chi connectivity index (χ0) is 16.5. The molecule has 0 spiro atoms.